The van der Waals surface area contributed by atoms with Crippen LogP contribution in [-0.2, 0) is 0 Å². The first-order valence-electron chi connectivity index (χ1n) is 4.88. The van der Waals surface area contributed by atoms with Crippen molar-refractivity contribution in [3.63, 3.8) is 0 Å². The summed E-state index contributed by atoms with van der Waals surface area (Å²) >= 11 is 6.00. The summed E-state index contributed by atoms with van der Waals surface area (Å²) in [6.07, 6.45) is 0. The van der Waals surface area contributed by atoms with E-state index in [9.17, 15) is 0 Å². The second-order valence-electron chi connectivity index (χ2n) is 3.32. The molecular weight excluding hydrogens is 218 g/mol. The Kier molecular flexibility index (Phi) is 3.14. The second kappa shape index (κ2) is 4.74. The highest BCUT2D eigenvalue weighted by Crippen LogP contribution is 2.14. The predicted octanol–water partition coefficient (Wildman–Crippen LogP) is 3.32. The topological polar surface area (TPSA) is 26.0 Å². The van der Waals surface area contributed by atoms with E-state index in [2.05, 4.69) is 11.8 Å². The molecule has 2 aromatic carbocycles. The maximum Gasteiger partial charge on any atom is 0.0562 e. The van der Waals surface area contributed by atoms with Crippen molar-refractivity contribution in [2.75, 3.05) is 5.73 Å². The van der Waals surface area contributed by atoms with Gasteiger partial charge in [0.2, 0.25) is 0 Å². The molecule has 0 saturated carbocycles. The summed E-state index contributed by atoms with van der Waals surface area (Å²) in [5, 5.41) is 0.657. The standard InChI is InChI=1S/C14H10ClN/c15-13-7-3-1-5-11(13)9-10-12-6-2-4-8-14(12)16/h1-8H,16H2. The van der Waals surface area contributed by atoms with Crippen LogP contribution >= 0.6 is 11.6 Å². The molecule has 1 nitrogen and oxygen atoms in total. The number of nitrogens with two attached hydrogens (primary N) is 1. The summed E-state index contributed by atoms with van der Waals surface area (Å²) in [4.78, 5) is 0. The lowest BCUT2D eigenvalue weighted by molar-refractivity contribution is 1.61. The number of anilines is 1. The third-order valence-corrected chi connectivity index (χ3v) is 2.50. The Morgan fingerprint density at radius 3 is 2.06 bits per heavy atom. The molecule has 16 heavy (non-hydrogen) atoms. The van der Waals surface area contributed by atoms with E-state index >= 15 is 0 Å². The van der Waals surface area contributed by atoms with Crippen LogP contribution in [0, 0.1) is 11.8 Å². The number of hydrogen-bond donors (Lipinski definition) is 1. The Balaban J connectivity index is 2.36. The van der Waals surface area contributed by atoms with Crippen molar-refractivity contribution in [3.8, 4) is 11.8 Å². The molecule has 0 atom stereocenters. The molecule has 0 saturated heterocycles. The molecule has 0 amide bonds. The van der Waals surface area contributed by atoms with Gasteiger partial charge in [0.15, 0.2) is 0 Å². The Bertz CT molecular complexity index is 515. The van der Waals surface area contributed by atoms with Gasteiger partial charge in [-0.05, 0) is 24.3 Å². The predicted molar refractivity (Wildman–Crippen MR) is 68.3 cm³/mol. The lowest BCUT2D eigenvalue weighted by Gasteiger charge is -1.96. The molecule has 0 radical (unpaired) electrons. The van der Waals surface area contributed by atoms with Gasteiger partial charge in [-0.3, -0.25) is 0 Å². The van der Waals surface area contributed by atoms with Gasteiger partial charge in [-0.15, -0.1) is 0 Å². The lowest BCUT2D eigenvalue weighted by Crippen LogP contribution is -1.88. The van der Waals surface area contributed by atoms with Gasteiger partial charge in [0.25, 0.3) is 0 Å². The van der Waals surface area contributed by atoms with Gasteiger partial charge in [0.1, 0.15) is 0 Å². The monoisotopic (exact) mass is 227 g/mol. The minimum Gasteiger partial charge on any atom is -0.398 e. The van der Waals surface area contributed by atoms with Crippen molar-refractivity contribution < 1.29 is 0 Å². The quantitative estimate of drug-likeness (QED) is 0.542. The average molecular weight is 228 g/mol. The molecule has 2 rings (SSSR count). The highest BCUT2D eigenvalue weighted by Gasteiger charge is 1.94. The number of rotatable bonds is 0. The van der Waals surface area contributed by atoms with E-state index < -0.39 is 0 Å². The van der Waals surface area contributed by atoms with Gasteiger partial charge >= 0.3 is 0 Å². The Hall–Kier alpha value is -1.91. The van der Waals surface area contributed by atoms with Crippen molar-refractivity contribution >= 4 is 17.3 Å². The molecule has 0 aromatic heterocycles. The Morgan fingerprint density at radius 2 is 1.38 bits per heavy atom. The molecule has 0 aliphatic carbocycles. The highest BCUT2D eigenvalue weighted by atomic mass is 35.5. The summed E-state index contributed by atoms with van der Waals surface area (Å²) in [6.45, 7) is 0. The maximum atomic E-state index is 6.00. The summed E-state index contributed by atoms with van der Waals surface area (Å²) < 4.78 is 0. The number of para-hydroxylation sites is 1. The minimum atomic E-state index is 0.657. The third kappa shape index (κ3) is 2.36. The van der Waals surface area contributed by atoms with E-state index in [0.29, 0.717) is 10.7 Å². The molecule has 0 aliphatic heterocycles. The fraction of sp³-hybridized carbons (Fsp3) is 0. The van der Waals surface area contributed by atoms with Crippen LogP contribution in [0.2, 0.25) is 5.02 Å². The molecule has 2 heteroatoms. The average Bonchev–Trinajstić information content (AvgIpc) is 2.30. The fourth-order valence-corrected chi connectivity index (χ4v) is 1.49. The number of hydrogen-bond acceptors (Lipinski definition) is 1. The first kappa shape index (κ1) is 10.6. The van der Waals surface area contributed by atoms with Gasteiger partial charge in [0, 0.05) is 16.8 Å². The van der Waals surface area contributed by atoms with Crippen LogP contribution in [0.4, 0.5) is 5.69 Å². The van der Waals surface area contributed by atoms with E-state index in [4.69, 9.17) is 17.3 Å². The Morgan fingerprint density at radius 1 is 0.812 bits per heavy atom. The zero-order valence-electron chi connectivity index (χ0n) is 8.57. The molecule has 0 aliphatic rings. The second-order valence-corrected chi connectivity index (χ2v) is 3.72. The Labute approximate surface area is 99.9 Å². The smallest absolute Gasteiger partial charge is 0.0562 e. The summed E-state index contributed by atoms with van der Waals surface area (Å²) in [5.41, 5.74) is 8.10. The van der Waals surface area contributed by atoms with Crippen molar-refractivity contribution in [1.29, 1.82) is 0 Å². The van der Waals surface area contributed by atoms with Crippen LogP contribution in [-0.4, -0.2) is 0 Å². The van der Waals surface area contributed by atoms with Crippen LogP contribution in [0.15, 0.2) is 48.5 Å². The first-order chi connectivity index (χ1) is 7.77. The van der Waals surface area contributed by atoms with E-state index in [1.807, 2.05) is 48.5 Å². The number of benzene rings is 2. The van der Waals surface area contributed by atoms with Crippen LogP contribution in [0.25, 0.3) is 0 Å². The van der Waals surface area contributed by atoms with Crippen molar-refractivity contribution in [1.82, 2.24) is 0 Å². The number of halogens is 1. The van der Waals surface area contributed by atoms with E-state index in [1.165, 1.54) is 0 Å². The molecule has 0 spiro atoms. The van der Waals surface area contributed by atoms with Crippen molar-refractivity contribution in [2.45, 2.75) is 0 Å². The van der Waals surface area contributed by atoms with Gasteiger partial charge in [-0.2, -0.15) is 0 Å². The van der Waals surface area contributed by atoms with Crippen molar-refractivity contribution in [2.24, 2.45) is 0 Å². The molecule has 2 aromatic rings. The molecule has 78 valence electrons. The highest BCUT2D eigenvalue weighted by molar-refractivity contribution is 6.31. The number of nitrogen functional groups attached to an aromatic ring is 1. The molecule has 0 heterocycles. The summed E-state index contributed by atoms with van der Waals surface area (Å²) in [7, 11) is 0. The maximum absolute atomic E-state index is 6.00. The van der Waals surface area contributed by atoms with Gasteiger partial charge in [-0.25, -0.2) is 0 Å². The largest absolute Gasteiger partial charge is 0.398 e. The fourth-order valence-electron chi connectivity index (χ4n) is 1.31. The minimum absolute atomic E-state index is 0.657. The van der Waals surface area contributed by atoms with Gasteiger partial charge in [0.05, 0.1) is 5.02 Å². The SMILES string of the molecule is Nc1ccccc1C#Cc1ccccc1Cl. The molecule has 0 fully saturated rings. The summed E-state index contributed by atoms with van der Waals surface area (Å²) in [5.74, 6) is 6.02. The van der Waals surface area contributed by atoms with E-state index in [-0.39, 0.29) is 0 Å². The molecule has 2 N–H and O–H groups in total. The van der Waals surface area contributed by atoms with Crippen LogP contribution in [0.3, 0.4) is 0 Å². The third-order valence-electron chi connectivity index (χ3n) is 2.17. The molecule has 0 unspecified atom stereocenters. The van der Waals surface area contributed by atoms with Crippen LogP contribution in [0.1, 0.15) is 11.1 Å². The van der Waals surface area contributed by atoms with E-state index in [0.717, 1.165) is 11.1 Å². The van der Waals surface area contributed by atoms with Crippen molar-refractivity contribution in [3.05, 3.63) is 64.7 Å². The zero-order valence-corrected chi connectivity index (χ0v) is 9.33. The first-order valence-corrected chi connectivity index (χ1v) is 5.26. The van der Waals surface area contributed by atoms with E-state index in [1.54, 1.807) is 0 Å². The van der Waals surface area contributed by atoms with Gasteiger partial charge < -0.3 is 5.73 Å². The van der Waals surface area contributed by atoms with Crippen LogP contribution < -0.4 is 5.73 Å². The van der Waals surface area contributed by atoms with Gasteiger partial charge in [-0.1, -0.05) is 47.7 Å². The summed E-state index contributed by atoms with van der Waals surface area (Å²) in [6, 6.07) is 15.0. The zero-order chi connectivity index (χ0) is 11.4. The lowest BCUT2D eigenvalue weighted by atomic mass is 10.1. The molecule has 0 bridgehead atoms. The van der Waals surface area contributed by atoms with Crippen LogP contribution in [0.5, 0.6) is 0 Å². The molecular formula is C14H10ClN. The normalized spacial score (nSPS) is 9.31.